The molecular weight excluding hydrogens is 818 g/mol. The summed E-state index contributed by atoms with van der Waals surface area (Å²) in [6.45, 7) is 0. The van der Waals surface area contributed by atoms with Crippen molar-refractivity contribution in [3.8, 4) is 22.5 Å². The minimum atomic E-state index is -1.95. The van der Waals surface area contributed by atoms with Gasteiger partial charge in [0, 0.05) is 0 Å². The molecule has 3 heterocycles. The van der Waals surface area contributed by atoms with E-state index in [4.69, 9.17) is 0 Å². The van der Waals surface area contributed by atoms with Crippen molar-refractivity contribution in [3.05, 3.63) is 229 Å². The zero-order valence-corrected chi connectivity index (χ0v) is 33.7. The number of anilines is 3. The van der Waals surface area contributed by atoms with E-state index >= 15 is 0 Å². The summed E-state index contributed by atoms with van der Waals surface area (Å²) < 4.78 is 9.42. The standard InChI is InChI=1S/C54H36IN3/c1-3-15-38(16-4-1)56(39-17-5-2-6-18-39)40-28-30-41(31-29-40)57-53-33-27-37(55-49-23-11-7-19-43(49)44-20-8-12-24-50(44)55)35-47(53)48-36-42(32-34-54(48)57)58-51-25-13-9-21-45(51)46-22-10-14-26-52(46)58/h1-36H. The van der Waals surface area contributed by atoms with Crippen molar-refractivity contribution in [1.29, 1.82) is 0 Å². The summed E-state index contributed by atoms with van der Waals surface area (Å²) in [6.07, 6.45) is 0. The Balaban J connectivity index is 1.08. The van der Waals surface area contributed by atoms with E-state index in [0.29, 0.717) is 0 Å². The van der Waals surface area contributed by atoms with Crippen LogP contribution in [0.25, 0.3) is 66.1 Å². The van der Waals surface area contributed by atoms with Gasteiger partial charge in [0.15, 0.2) is 0 Å². The molecule has 0 atom stereocenters. The minimum Gasteiger partial charge on any atom is -0.0602 e. The van der Waals surface area contributed by atoms with Crippen LogP contribution in [0.15, 0.2) is 218 Å². The molecule has 0 spiro atoms. The van der Waals surface area contributed by atoms with Crippen LogP contribution in [0.5, 0.6) is 0 Å². The molecule has 0 N–H and O–H groups in total. The molecule has 274 valence electrons. The van der Waals surface area contributed by atoms with Crippen LogP contribution in [-0.2, 0) is 0 Å². The van der Waals surface area contributed by atoms with Gasteiger partial charge in [0.25, 0.3) is 0 Å². The fourth-order valence-electron chi connectivity index (χ4n) is 9.10. The molecule has 0 bridgehead atoms. The van der Waals surface area contributed by atoms with Crippen LogP contribution in [0.2, 0.25) is 0 Å². The average Bonchev–Trinajstić information content (AvgIpc) is 3.93. The van der Waals surface area contributed by atoms with Gasteiger partial charge in [-0.25, -0.2) is 0 Å². The first-order chi connectivity index (χ1) is 28.8. The average molecular weight is 854 g/mol. The third-order valence-electron chi connectivity index (χ3n) is 11.6. The Morgan fingerprint density at radius 2 is 0.741 bits per heavy atom. The second-order valence-corrected chi connectivity index (χ2v) is 20.0. The van der Waals surface area contributed by atoms with Gasteiger partial charge in [-0.05, 0) is 0 Å². The van der Waals surface area contributed by atoms with Gasteiger partial charge in [-0.15, -0.1) is 0 Å². The Morgan fingerprint density at radius 3 is 1.34 bits per heavy atom. The van der Waals surface area contributed by atoms with Gasteiger partial charge in [-0.2, -0.15) is 0 Å². The van der Waals surface area contributed by atoms with Gasteiger partial charge >= 0.3 is 310 Å². The normalized spacial score (nSPS) is 12.7. The molecule has 0 amide bonds. The maximum atomic E-state index is 2.54. The number of rotatable bonds is 6. The molecule has 2 aromatic heterocycles. The maximum absolute atomic E-state index is 2.54. The first-order valence-electron chi connectivity index (χ1n) is 19.8. The molecule has 0 fully saturated rings. The molecule has 1 aliphatic heterocycles. The summed E-state index contributed by atoms with van der Waals surface area (Å²) in [5.74, 6) is 0. The second-order valence-electron chi connectivity index (χ2n) is 14.8. The summed E-state index contributed by atoms with van der Waals surface area (Å²) in [5, 5.41) is 5.09. The van der Waals surface area contributed by atoms with Gasteiger partial charge in [0.05, 0.1) is 0 Å². The molecule has 0 unspecified atom stereocenters. The number of nitrogens with zero attached hydrogens (tertiary/aromatic N) is 3. The van der Waals surface area contributed by atoms with Crippen LogP contribution < -0.4 is 4.90 Å². The molecule has 58 heavy (non-hydrogen) atoms. The van der Waals surface area contributed by atoms with E-state index in [-0.39, 0.29) is 0 Å². The molecule has 1 aliphatic rings. The molecule has 11 aromatic rings. The predicted molar refractivity (Wildman–Crippen MR) is 252 cm³/mol. The second kappa shape index (κ2) is 13.4. The monoisotopic (exact) mass is 853 g/mol. The van der Waals surface area contributed by atoms with Crippen molar-refractivity contribution in [2.75, 3.05) is 4.90 Å². The molecule has 0 radical (unpaired) electrons. The van der Waals surface area contributed by atoms with Crippen LogP contribution in [0, 0.1) is 10.7 Å². The Labute approximate surface area is 344 Å². The summed E-state index contributed by atoms with van der Waals surface area (Å²) in [6, 6.07) is 80.5. The molecular formula is C54H36IN3. The number of benzene rings is 9. The summed E-state index contributed by atoms with van der Waals surface area (Å²) >= 11 is -1.95. The Kier molecular flexibility index (Phi) is 7.66. The third-order valence-corrected chi connectivity index (χ3v) is 17.7. The Morgan fingerprint density at radius 1 is 0.310 bits per heavy atom. The van der Waals surface area contributed by atoms with E-state index in [2.05, 4.69) is 232 Å². The molecule has 0 aliphatic carbocycles. The first kappa shape index (κ1) is 33.3. The van der Waals surface area contributed by atoms with Crippen molar-refractivity contribution in [3.63, 3.8) is 0 Å². The van der Waals surface area contributed by atoms with E-state index in [0.717, 1.165) is 22.7 Å². The van der Waals surface area contributed by atoms with Crippen LogP contribution in [0.1, 0.15) is 0 Å². The molecule has 12 rings (SSSR count). The van der Waals surface area contributed by atoms with Gasteiger partial charge in [-0.3, -0.25) is 0 Å². The van der Waals surface area contributed by atoms with Crippen molar-refractivity contribution in [2.45, 2.75) is 0 Å². The fraction of sp³-hybridized carbons (Fsp3) is 0. The van der Waals surface area contributed by atoms with Gasteiger partial charge in [0.1, 0.15) is 0 Å². The summed E-state index contributed by atoms with van der Waals surface area (Å²) in [5.41, 5.74) is 13.3. The number of hydrogen-bond donors (Lipinski definition) is 0. The van der Waals surface area contributed by atoms with Crippen molar-refractivity contribution in [2.24, 2.45) is 0 Å². The number of aromatic nitrogens is 2. The van der Waals surface area contributed by atoms with E-state index in [9.17, 15) is 0 Å². The van der Waals surface area contributed by atoms with Crippen LogP contribution in [-0.4, -0.2) is 9.13 Å². The quantitative estimate of drug-likeness (QED) is 0.152. The molecule has 3 nitrogen and oxygen atoms in total. The Bertz CT molecular complexity index is 3210. The summed E-state index contributed by atoms with van der Waals surface area (Å²) in [7, 11) is 0. The molecule has 9 aromatic carbocycles. The molecule has 4 heteroatoms. The predicted octanol–water partition coefficient (Wildman–Crippen LogP) is 14.7. The van der Waals surface area contributed by atoms with E-state index < -0.39 is 19.8 Å². The zero-order valence-electron chi connectivity index (χ0n) is 31.5. The minimum absolute atomic E-state index is 1.11. The SMILES string of the molecule is c1ccc(N(c2ccccc2)c2ccc(-n3c4ccc(-n5c6ccccc6c6ccccc65)cc4c4cc(I5c6ccccc6-c6ccccc65)ccc43)cc2)cc1. The zero-order chi connectivity index (χ0) is 38.2. The number of fused-ring (bicyclic) bond motifs is 9. The van der Waals surface area contributed by atoms with Crippen LogP contribution in [0.4, 0.5) is 17.1 Å². The number of para-hydroxylation sites is 4. The fourth-order valence-corrected chi connectivity index (χ4v) is 15.5. The van der Waals surface area contributed by atoms with Gasteiger partial charge in [0.2, 0.25) is 0 Å². The van der Waals surface area contributed by atoms with Crippen LogP contribution in [0.3, 0.4) is 0 Å². The van der Waals surface area contributed by atoms with Crippen LogP contribution >= 0.6 is 19.8 Å². The van der Waals surface area contributed by atoms with Gasteiger partial charge in [-0.1, -0.05) is 36.4 Å². The molecule has 0 saturated carbocycles. The number of hydrogen-bond acceptors (Lipinski definition) is 1. The van der Waals surface area contributed by atoms with Crippen molar-refractivity contribution in [1.82, 2.24) is 9.13 Å². The number of halogens is 1. The topological polar surface area (TPSA) is 13.1 Å². The van der Waals surface area contributed by atoms with Crippen molar-refractivity contribution < 1.29 is 0 Å². The first-order valence-corrected chi connectivity index (χ1v) is 23.0. The smallest absolute Gasteiger partial charge is 0.0602 e. The van der Waals surface area contributed by atoms with Crippen molar-refractivity contribution >= 4 is 80.5 Å². The van der Waals surface area contributed by atoms with E-state index in [1.807, 2.05) is 0 Å². The van der Waals surface area contributed by atoms with Gasteiger partial charge < -0.3 is 0 Å². The molecule has 0 saturated heterocycles. The van der Waals surface area contributed by atoms with E-state index in [1.165, 1.54) is 71.1 Å². The summed E-state index contributed by atoms with van der Waals surface area (Å²) in [4.78, 5) is 2.32. The third kappa shape index (κ3) is 5.11. The van der Waals surface area contributed by atoms with E-state index in [1.54, 1.807) is 0 Å². The Hall–Kier alpha value is -6.89.